The zero-order valence-electron chi connectivity index (χ0n) is 12.1. The maximum atomic E-state index is 13.1. The fourth-order valence-electron chi connectivity index (χ4n) is 1.61. The topological polar surface area (TPSA) is 43.4 Å². The van der Waals surface area contributed by atoms with Crippen molar-refractivity contribution in [2.75, 3.05) is 12.0 Å². The van der Waals surface area contributed by atoms with E-state index in [1.807, 2.05) is 6.26 Å². The Hall–Kier alpha value is -0.380. The molecule has 3 nitrogen and oxygen atoms in total. The largest absolute Gasteiger partial charge is 0.420 e. The van der Waals surface area contributed by atoms with Crippen LogP contribution in [-0.4, -0.2) is 26.6 Å². The molecule has 0 aliphatic carbocycles. The smallest absolute Gasteiger partial charge is 0.252 e. The highest BCUT2D eigenvalue weighted by molar-refractivity contribution is 8.76. The molecule has 0 N–H and O–H groups in total. The SMILES string of the molecule is CCCCS(=O)(=O)OC(c1ccc(SSC)cc1)C(F)(F)F. The summed E-state index contributed by atoms with van der Waals surface area (Å²) >= 11 is 0. The van der Waals surface area contributed by atoms with Gasteiger partial charge in [-0.3, -0.25) is 4.18 Å². The Morgan fingerprint density at radius 3 is 2.27 bits per heavy atom. The fraction of sp³-hybridized carbons (Fsp3) is 0.538. The summed E-state index contributed by atoms with van der Waals surface area (Å²) in [7, 11) is -1.36. The van der Waals surface area contributed by atoms with Gasteiger partial charge in [-0.2, -0.15) is 21.6 Å². The Morgan fingerprint density at radius 1 is 1.23 bits per heavy atom. The lowest BCUT2D eigenvalue weighted by Gasteiger charge is -2.21. The molecule has 1 aromatic rings. The van der Waals surface area contributed by atoms with E-state index in [1.165, 1.54) is 45.9 Å². The Bertz CT molecular complexity index is 556. The molecule has 126 valence electrons. The van der Waals surface area contributed by atoms with Crippen LogP contribution < -0.4 is 0 Å². The predicted octanol–water partition coefficient (Wildman–Crippen LogP) is 4.81. The first-order chi connectivity index (χ1) is 10.2. The number of rotatable bonds is 8. The second kappa shape index (κ2) is 8.47. The number of benzene rings is 1. The van der Waals surface area contributed by atoms with Crippen LogP contribution in [0.2, 0.25) is 0 Å². The van der Waals surface area contributed by atoms with Crippen LogP contribution in [0.1, 0.15) is 31.4 Å². The average Bonchev–Trinajstić information content (AvgIpc) is 2.43. The molecule has 0 amide bonds. The van der Waals surface area contributed by atoms with Gasteiger partial charge in [0.1, 0.15) is 0 Å². The zero-order chi connectivity index (χ0) is 16.8. The molecule has 22 heavy (non-hydrogen) atoms. The molecule has 0 saturated carbocycles. The van der Waals surface area contributed by atoms with Gasteiger partial charge in [0.15, 0.2) is 6.10 Å². The van der Waals surface area contributed by atoms with Crippen molar-refractivity contribution >= 4 is 31.7 Å². The summed E-state index contributed by atoms with van der Waals surface area (Å²) in [6.07, 6.45) is -4.60. The van der Waals surface area contributed by atoms with E-state index >= 15 is 0 Å². The van der Waals surface area contributed by atoms with Gasteiger partial charge in [0.2, 0.25) is 0 Å². The molecule has 0 radical (unpaired) electrons. The molecule has 0 fully saturated rings. The first kappa shape index (κ1) is 19.7. The quantitative estimate of drug-likeness (QED) is 0.483. The third-order valence-corrected chi connectivity index (χ3v) is 5.63. The predicted molar refractivity (Wildman–Crippen MR) is 84.4 cm³/mol. The lowest BCUT2D eigenvalue weighted by atomic mass is 10.1. The minimum Gasteiger partial charge on any atom is -0.252 e. The van der Waals surface area contributed by atoms with Crippen molar-refractivity contribution < 1.29 is 25.8 Å². The molecule has 1 aromatic carbocycles. The first-order valence-corrected chi connectivity index (χ1v) is 10.6. The third-order valence-electron chi connectivity index (χ3n) is 2.65. The molecular weight excluding hydrogens is 357 g/mol. The van der Waals surface area contributed by atoms with Gasteiger partial charge in [-0.1, -0.05) is 47.1 Å². The second-order valence-corrected chi connectivity index (χ2v) is 8.64. The van der Waals surface area contributed by atoms with Gasteiger partial charge in [0.05, 0.1) is 5.75 Å². The van der Waals surface area contributed by atoms with E-state index in [-0.39, 0.29) is 12.0 Å². The Labute approximate surface area is 136 Å². The molecule has 0 spiro atoms. The van der Waals surface area contributed by atoms with Crippen molar-refractivity contribution in [3.05, 3.63) is 29.8 Å². The van der Waals surface area contributed by atoms with Crippen LogP contribution in [0.3, 0.4) is 0 Å². The normalized spacial score (nSPS) is 14.0. The van der Waals surface area contributed by atoms with Crippen LogP contribution in [0.5, 0.6) is 0 Å². The van der Waals surface area contributed by atoms with E-state index in [4.69, 9.17) is 0 Å². The molecule has 0 heterocycles. The van der Waals surface area contributed by atoms with E-state index in [0.29, 0.717) is 6.42 Å². The molecule has 0 bridgehead atoms. The first-order valence-electron chi connectivity index (χ1n) is 6.48. The molecule has 1 atom stereocenters. The van der Waals surface area contributed by atoms with E-state index in [9.17, 15) is 21.6 Å². The van der Waals surface area contributed by atoms with Crippen molar-refractivity contribution in [1.29, 1.82) is 0 Å². The summed E-state index contributed by atoms with van der Waals surface area (Å²) in [5.74, 6) is -0.420. The third kappa shape index (κ3) is 6.39. The lowest BCUT2D eigenvalue weighted by Crippen LogP contribution is -2.27. The molecule has 0 saturated heterocycles. The summed E-state index contributed by atoms with van der Waals surface area (Å²) in [4.78, 5) is 0.783. The highest BCUT2D eigenvalue weighted by atomic mass is 33.1. The monoisotopic (exact) mass is 374 g/mol. The molecule has 0 aromatic heterocycles. The zero-order valence-corrected chi connectivity index (χ0v) is 14.5. The summed E-state index contributed by atoms with van der Waals surface area (Å²) in [6.45, 7) is 1.75. The van der Waals surface area contributed by atoms with Crippen molar-refractivity contribution in [2.24, 2.45) is 0 Å². The van der Waals surface area contributed by atoms with Crippen molar-refractivity contribution in [3.63, 3.8) is 0 Å². The minimum absolute atomic E-state index is 0.224. The van der Waals surface area contributed by atoms with E-state index < -0.39 is 28.2 Å². The summed E-state index contributed by atoms with van der Waals surface area (Å²) in [5.41, 5.74) is -0.224. The van der Waals surface area contributed by atoms with Crippen LogP contribution in [-0.2, 0) is 14.3 Å². The summed E-state index contributed by atoms with van der Waals surface area (Å²) in [6, 6.07) is 5.51. The Balaban J connectivity index is 2.99. The highest BCUT2D eigenvalue weighted by Gasteiger charge is 2.44. The van der Waals surface area contributed by atoms with Gasteiger partial charge in [-0.25, -0.2) is 0 Å². The molecule has 0 aliphatic heterocycles. The van der Waals surface area contributed by atoms with E-state index in [0.717, 1.165) is 4.90 Å². The second-order valence-electron chi connectivity index (χ2n) is 4.45. The van der Waals surface area contributed by atoms with Crippen LogP contribution in [0.4, 0.5) is 13.2 Å². The maximum Gasteiger partial charge on any atom is 0.420 e. The molecule has 1 rings (SSSR count). The molecular formula is C13H17F3O3S3. The van der Waals surface area contributed by atoms with Gasteiger partial charge < -0.3 is 0 Å². The van der Waals surface area contributed by atoms with Crippen LogP contribution in [0.15, 0.2) is 29.2 Å². The Kier molecular flexibility index (Phi) is 7.57. The van der Waals surface area contributed by atoms with Crippen LogP contribution >= 0.6 is 21.6 Å². The van der Waals surface area contributed by atoms with Crippen LogP contribution in [0.25, 0.3) is 0 Å². The van der Waals surface area contributed by atoms with Gasteiger partial charge in [0.25, 0.3) is 10.1 Å². The summed E-state index contributed by atoms with van der Waals surface area (Å²) < 4.78 is 67.1. The molecule has 0 aliphatic rings. The van der Waals surface area contributed by atoms with Gasteiger partial charge >= 0.3 is 6.18 Å². The standard InChI is InChI=1S/C13H17F3O3S3/c1-3-4-9-22(17,18)19-12(13(14,15)16)10-5-7-11(8-6-10)21-20-2/h5-8,12H,3-4,9H2,1-2H3. The maximum absolute atomic E-state index is 13.1. The van der Waals surface area contributed by atoms with Gasteiger partial charge in [0, 0.05) is 4.90 Å². The van der Waals surface area contributed by atoms with E-state index in [2.05, 4.69) is 4.18 Å². The lowest BCUT2D eigenvalue weighted by molar-refractivity contribution is -0.196. The number of halogens is 3. The van der Waals surface area contributed by atoms with Crippen molar-refractivity contribution in [3.8, 4) is 0 Å². The number of hydrogen-bond donors (Lipinski definition) is 0. The average molecular weight is 374 g/mol. The minimum atomic E-state index is -4.80. The number of hydrogen-bond acceptors (Lipinski definition) is 5. The van der Waals surface area contributed by atoms with Crippen molar-refractivity contribution in [2.45, 2.75) is 36.9 Å². The van der Waals surface area contributed by atoms with E-state index in [1.54, 1.807) is 6.92 Å². The van der Waals surface area contributed by atoms with Gasteiger partial charge in [-0.05, 0) is 30.4 Å². The van der Waals surface area contributed by atoms with Gasteiger partial charge in [-0.15, -0.1) is 0 Å². The summed E-state index contributed by atoms with van der Waals surface area (Å²) in [5, 5.41) is 0. The Morgan fingerprint density at radius 2 is 1.82 bits per heavy atom. The highest BCUT2D eigenvalue weighted by Crippen LogP contribution is 2.38. The molecule has 1 unspecified atom stereocenters. The fourth-order valence-corrected chi connectivity index (χ4v) is 4.21. The molecule has 9 heteroatoms. The van der Waals surface area contributed by atoms with Crippen molar-refractivity contribution in [1.82, 2.24) is 0 Å². The number of alkyl halides is 3. The number of unbranched alkanes of at least 4 members (excludes halogenated alkanes) is 1. The van der Waals surface area contributed by atoms with Crippen LogP contribution in [0, 0.1) is 0 Å².